The number of carbonyl (C=O) groups excluding carboxylic acids is 2. The Morgan fingerprint density at radius 1 is 1.28 bits per heavy atom. The standard InChI is InChI=1S/C12H19NO5/c1-8-6-13(7-9(8)12(17)18-2)10(14)4-3-5-11(15)16/h8-9H,3-7H2,1-2H3,(H,15,16). The van der Waals surface area contributed by atoms with Crippen LogP contribution in [0.5, 0.6) is 0 Å². The number of carboxylic acids is 1. The molecule has 1 N–H and O–H groups in total. The van der Waals surface area contributed by atoms with E-state index in [2.05, 4.69) is 0 Å². The number of rotatable bonds is 5. The van der Waals surface area contributed by atoms with Gasteiger partial charge in [-0.15, -0.1) is 0 Å². The second kappa shape index (κ2) is 6.37. The summed E-state index contributed by atoms with van der Waals surface area (Å²) in [5, 5.41) is 8.49. The van der Waals surface area contributed by atoms with Gasteiger partial charge in [-0.1, -0.05) is 6.92 Å². The minimum absolute atomic E-state index is 0.00440. The molecule has 0 radical (unpaired) electrons. The first-order chi connectivity index (χ1) is 8.45. The van der Waals surface area contributed by atoms with E-state index in [0.29, 0.717) is 19.5 Å². The van der Waals surface area contributed by atoms with Gasteiger partial charge in [0, 0.05) is 25.9 Å². The number of hydrogen-bond donors (Lipinski definition) is 1. The zero-order valence-corrected chi connectivity index (χ0v) is 10.7. The minimum Gasteiger partial charge on any atom is -0.481 e. The van der Waals surface area contributed by atoms with Crippen LogP contribution >= 0.6 is 0 Å². The molecular formula is C12H19NO5. The lowest BCUT2D eigenvalue weighted by Crippen LogP contribution is -2.30. The number of carbonyl (C=O) groups is 3. The second-order valence-corrected chi connectivity index (χ2v) is 4.65. The van der Waals surface area contributed by atoms with Crippen LogP contribution in [0.3, 0.4) is 0 Å². The molecule has 1 heterocycles. The molecule has 0 spiro atoms. The summed E-state index contributed by atoms with van der Waals surface area (Å²) in [7, 11) is 1.34. The average Bonchev–Trinajstić information content (AvgIpc) is 2.70. The number of amides is 1. The number of hydrogen-bond acceptors (Lipinski definition) is 4. The van der Waals surface area contributed by atoms with Gasteiger partial charge in [-0.2, -0.15) is 0 Å². The molecule has 1 aliphatic heterocycles. The molecule has 1 saturated heterocycles. The summed E-state index contributed by atoms with van der Waals surface area (Å²) in [6.07, 6.45) is 0.546. The molecule has 0 aromatic heterocycles. The van der Waals surface area contributed by atoms with Crippen molar-refractivity contribution in [2.24, 2.45) is 11.8 Å². The molecule has 6 nitrogen and oxygen atoms in total. The highest BCUT2D eigenvalue weighted by molar-refractivity contribution is 5.80. The van der Waals surface area contributed by atoms with E-state index in [9.17, 15) is 14.4 Å². The predicted octanol–water partition coefficient (Wildman–Crippen LogP) is 0.509. The first-order valence-electron chi connectivity index (χ1n) is 6.03. The van der Waals surface area contributed by atoms with Crippen molar-refractivity contribution in [2.75, 3.05) is 20.2 Å². The van der Waals surface area contributed by atoms with E-state index in [0.717, 1.165) is 0 Å². The summed E-state index contributed by atoms with van der Waals surface area (Å²) >= 11 is 0. The van der Waals surface area contributed by atoms with Gasteiger partial charge < -0.3 is 14.7 Å². The van der Waals surface area contributed by atoms with Gasteiger partial charge >= 0.3 is 11.9 Å². The van der Waals surface area contributed by atoms with E-state index >= 15 is 0 Å². The summed E-state index contributed by atoms with van der Waals surface area (Å²) in [5.41, 5.74) is 0. The monoisotopic (exact) mass is 257 g/mol. The van der Waals surface area contributed by atoms with E-state index < -0.39 is 5.97 Å². The SMILES string of the molecule is COC(=O)C1CN(C(=O)CCCC(=O)O)CC1C. The molecule has 1 rings (SSSR count). The van der Waals surface area contributed by atoms with E-state index in [4.69, 9.17) is 9.84 Å². The fraction of sp³-hybridized carbons (Fsp3) is 0.750. The van der Waals surface area contributed by atoms with Crippen LogP contribution in [0.1, 0.15) is 26.2 Å². The molecule has 6 heteroatoms. The van der Waals surface area contributed by atoms with Gasteiger partial charge in [0.1, 0.15) is 0 Å². The number of nitrogens with zero attached hydrogens (tertiary/aromatic N) is 1. The third kappa shape index (κ3) is 3.72. The molecule has 0 aliphatic carbocycles. The molecule has 2 atom stereocenters. The van der Waals surface area contributed by atoms with Gasteiger partial charge in [0.15, 0.2) is 0 Å². The third-order valence-corrected chi connectivity index (χ3v) is 3.25. The first-order valence-corrected chi connectivity index (χ1v) is 6.03. The summed E-state index contributed by atoms with van der Waals surface area (Å²) in [6, 6.07) is 0. The van der Waals surface area contributed by atoms with Crippen LogP contribution in [-0.4, -0.2) is 48.1 Å². The van der Waals surface area contributed by atoms with Crippen molar-refractivity contribution in [1.29, 1.82) is 0 Å². The smallest absolute Gasteiger partial charge is 0.310 e. The zero-order chi connectivity index (χ0) is 13.7. The highest BCUT2D eigenvalue weighted by Crippen LogP contribution is 2.24. The molecule has 102 valence electrons. The van der Waals surface area contributed by atoms with Gasteiger partial charge in [0.2, 0.25) is 5.91 Å². The Labute approximate surface area is 106 Å². The number of likely N-dealkylation sites (tertiary alicyclic amines) is 1. The van der Waals surface area contributed by atoms with E-state index in [1.807, 2.05) is 6.92 Å². The van der Waals surface area contributed by atoms with Crippen molar-refractivity contribution >= 4 is 17.8 Å². The lowest BCUT2D eigenvalue weighted by Gasteiger charge is -2.15. The fourth-order valence-electron chi connectivity index (χ4n) is 2.18. The molecule has 0 aromatic carbocycles. The lowest BCUT2D eigenvalue weighted by atomic mass is 9.99. The van der Waals surface area contributed by atoms with Crippen molar-refractivity contribution in [2.45, 2.75) is 26.2 Å². The summed E-state index contributed by atoms with van der Waals surface area (Å²) in [4.78, 5) is 35.2. The minimum atomic E-state index is -0.898. The quantitative estimate of drug-likeness (QED) is 0.725. The Bertz CT molecular complexity index is 341. The Morgan fingerprint density at radius 2 is 1.94 bits per heavy atom. The van der Waals surface area contributed by atoms with Crippen LogP contribution in [0.2, 0.25) is 0 Å². The first kappa shape index (κ1) is 14.5. The Kier molecular flexibility index (Phi) is 5.12. The summed E-state index contributed by atoms with van der Waals surface area (Å²) in [6.45, 7) is 2.82. The van der Waals surface area contributed by atoms with Crippen LogP contribution in [-0.2, 0) is 19.1 Å². The van der Waals surface area contributed by atoms with E-state index in [-0.39, 0.29) is 36.6 Å². The molecule has 1 amide bonds. The van der Waals surface area contributed by atoms with E-state index in [1.165, 1.54) is 7.11 Å². The fourth-order valence-corrected chi connectivity index (χ4v) is 2.18. The maximum absolute atomic E-state index is 11.8. The summed E-state index contributed by atoms with van der Waals surface area (Å²) < 4.78 is 4.69. The van der Waals surface area contributed by atoms with Crippen LogP contribution < -0.4 is 0 Å². The van der Waals surface area contributed by atoms with Gasteiger partial charge in [0.05, 0.1) is 13.0 Å². The van der Waals surface area contributed by atoms with Gasteiger partial charge in [-0.25, -0.2) is 0 Å². The number of carboxylic acid groups (broad SMARTS) is 1. The number of ether oxygens (including phenoxy) is 1. The third-order valence-electron chi connectivity index (χ3n) is 3.25. The Balaban J connectivity index is 2.42. The molecule has 2 unspecified atom stereocenters. The van der Waals surface area contributed by atoms with Crippen LogP contribution in [0.15, 0.2) is 0 Å². The maximum Gasteiger partial charge on any atom is 0.310 e. The molecule has 0 bridgehead atoms. The van der Waals surface area contributed by atoms with Crippen LogP contribution in [0.25, 0.3) is 0 Å². The highest BCUT2D eigenvalue weighted by atomic mass is 16.5. The maximum atomic E-state index is 11.8. The van der Waals surface area contributed by atoms with Crippen LogP contribution in [0.4, 0.5) is 0 Å². The van der Waals surface area contributed by atoms with Gasteiger partial charge in [-0.05, 0) is 12.3 Å². The Hall–Kier alpha value is -1.59. The number of esters is 1. The molecule has 18 heavy (non-hydrogen) atoms. The van der Waals surface area contributed by atoms with Crippen LogP contribution in [0, 0.1) is 11.8 Å². The highest BCUT2D eigenvalue weighted by Gasteiger charge is 2.37. The van der Waals surface area contributed by atoms with Crippen molar-refractivity contribution in [3.8, 4) is 0 Å². The van der Waals surface area contributed by atoms with E-state index in [1.54, 1.807) is 4.90 Å². The topological polar surface area (TPSA) is 83.9 Å². The predicted molar refractivity (Wildman–Crippen MR) is 62.7 cm³/mol. The number of methoxy groups -OCH3 is 1. The van der Waals surface area contributed by atoms with Crippen molar-refractivity contribution in [1.82, 2.24) is 4.90 Å². The normalized spacial score (nSPS) is 22.9. The molecule has 0 aromatic rings. The van der Waals surface area contributed by atoms with Crippen molar-refractivity contribution < 1.29 is 24.2 Å². The van der Waals surface area contributed by atoms with Crippen molar-refractivity contribution in [3.63, 3.8) is 0 Å². The molecule has 1 fully saturated rings. The average molecular weight is 257 g/mol. The largest absolute Gasteiger partial charge is 0.481 e. The number of aliphatic carboxylic acids is 1. The van der Waals surface area contributed by atoms with Gasteiger partial charge in [0.25, 0.3) is 0 Å². The zero-order valence-electron chi connectivity index (χ0n) is 10.7. The molecule has 1 aliphatic rings. The lowest BCUT2D eigenvalue weighted by molar-refractivity contribution is -0.146. The second-order valence-electron chi connectivity index (χ2n) is 4.65. The summed E-state index contributed by atoms with van der Waals surface area (Å²) in [5.74, 6) is -1.46. The molecule has 0 saturated carbocycles. The van der Waals surface area contributed by atoms with Crippen molar-refractivity contribution in [3.05, 3.63) is 0 Å². The van der Waals surface area contributed by atoms with Gasteiger partial charge in [-0.3, -0.25) is 14.4 Å². The Morgan fingerprint density at radius 3 is 2.50 bits per heavy atom. The molecular weight excluding hydrogens is 238 g/mol.